The van der Waals surface area contributed by atoms with Crippen molar-refractivity contribution in [1.82, 2.24) is 4.57 Å². The van der Waals surface area contributed by atoms with Crippen LogP contribution in [0.2, 0.25) is 5.02 Å². The third-order valence-electron chi connectivity index (χ3n) is 4.42. The second kappa shape index (κ2) is 6.72. The first-order chi connectivity index (χ1) is 11.2. The van der Waals surface area contributed by atoms with Crippen molar-refractivity contribution in [3.63, 3.8) is 0 Å². The molecular weight excluding hydrogens is 437 g/mol. The molecular formula is C18H17ClIN3O. The maximum Gasteiger partial charge on any atom is 0.311 e. The predicted molar refractivity (Wildman–Crippen MR) is 93.6 cm³/mol. The van der Waals surface area contributed by atoms with E-state index in [1.165, 1.54) is 0 Å². The summed E-state index contributed by atoms with van der Waals surface area (Å²) in [5.74, 6) is 0.965. The molecule has 0 saturated heterocycles. The van der Waals surface area contributed by atoms with Crippen LogP contribution >= 0.6 is 11.6 Å². The average molecular weight is 454 g/mol. The number of hydrogen-bond donors (Lipinski definition) is 0. The third-order valence-corrected chi connectivity index (χ3v) is 4.67. The van der Waals surface area contributed by atoms with Crippen molar-refractivity contribution in [2.24, 2.45) is 0 Å². The number of benzene rings is 2. The lowest BCUT2D eigenvalue weighted by molar-refractivity contribution is -0.451. The molecule has 6 heteroatoms. The summed E-state index contributed by atoms with van der Waals surface area (Å²) >= 11 is 6.01. The van der Waals surface area contributed by atoms with E-state index in [1.54, 1.807) is 0 Å². The van der Waals surface area contributed by atoms with Crippen LogP contribution in [-0.2, 0) is 6.54 Å². The Bertz CT molecular complexity index is 953. The Morgan fingerprint density at radius 3 is 2.50 bits per heavy atom. The Morgan fingerprint density at radius 1 is 1.04 bits per heavy atom. The lowest BCUT2D eigenvalue weighted by Crippen LogP contribution is -3.00. The van der Waals surface area contributed by atoms with Gasteiger partial charge in [0.05, 0.1) is 9.99 Å². The topological polar surface area (TPSA) is 31.1 Å². The minimum Gasteiger partial charge on any atom is -1.00 e. The number of fused-ring (bicyclic) bond motifs is 3. The molecule has 0 bridgehead atoms. The fourth-order valence-electron chi connectivity index (χ4n) is 3.36. The van der Waals surface area contributed by atoms with E-state index in [9.17, 15) is 4.91 Å². The summed E-state index contributed by atoms with van der Waals surface area (Å²) in [6.07, 6.45) is 1.07. The van der Waals surface area contributed by atoms with Crippen molar-refractivity contribution in [1.29, 1.82) is 0 Å². The maximum atomic E-state index is 13.1. The van der Waals surface area contributed by atoms with Gasteiger partial charge in [-0.25, -0.2) is 0 Å². The van der Waals surface area contributed by atoms with Gasteiger partial charge in [0.1, 0.15) is 5.52 Å². The molecule has 1 aliphatic rings. The molecule has 4 rings (SSSR count). The van der Waals surface area contributed by atoms with E-state index in [1.807, 2.05) is 55.6 Å². The summed E-state index contributed by atoms with van der Waals surface area (Å²) < 4.78 is 3.30. The first-order valence-corrected chi connectivity index (χ1v) is 8.10. The number of hydrogen-bond acceptors (Lipinski definition) is 2. The first kappa shape index (κ1) is 17.2. The standard InChI is InChI=1S/C18H17ClN3O.HI/c1-20-11-4-12-21-15-5-2-3-6-16(15)22(23)17(18(20)21)13-7-9-14(19)10-8-13;/h2-3,5-10H,4,11-12H2,1H3;1H/q+1;/p-1. The van der Waals surface area contributed by atoms with Gasteiger partial charge in [0.25, 0.3) is 5.52 Å². The van der Waals surface area contributed by atoms with Crippen LogP contribution in [0.1, 0.15) is 6.42 Å². The van der Waals surface area contributed by atoms with Crippen molar-refractivity contribution in [2.45, 2.75) is 13.0 Å². The Kier molecular flexibility index (Phi) is 4.83. The van der Waals surface area contributed by atoms with Gasteiger partial charge < -0.3 is 33.4 Å². The largest absolute Gasteiger partial charge is 1.00 e. The molecule has 2 aromatic carbocycles. The Morgan fingerprint density at radius 2 is 1.75 bits per heavy atom. The second-order valence-electron chi connectivity index (χ2n) is 5.89. The lowest BCUT2D eigenvalue weighted by atomic mass is 10.1. The minimum absolute atomic E-state index is 0. The van der Waals surface area contributed by atoms with Gasteiger partial charge in [0.15, 0.2) is 5.82 Å². The number of nitrogens with zero attached hydrogens (tertiary/aromatic N) is 3. The highest BCUT2D eigenvalue weighted by atomic mass is 127. The van der Waals surface area contributed by atoms with E-state index in [0.717, 1.165) is 40.8 Å². The third kappa shape index (κ3) is 2.69. The summed E-state index contributed by atoms with van der Waals surface area (Å²) in [7, 11) is 2.04. The number of anilines is 1. The van der Waals surface area contributed by atoms with Crippen LogP contribution < -0.4 is 33.3 Å². The molecule has 1 aromatic heterocycles. The molecule has 2 heterocycles. The normalized spacial score (nSPS) is 13.5. The molecule has 0 atom stereocenters. The Hall–Kier alpha value is -1.60. The Balaban J connectivity index is 0.00000169. The van der Waals surface area contributed by atoms with Crippen LogP contribution in [0.15, 0.2) is 48.5 Å². The van der Waals surface area contributed by atoms with Gasteiger partial charge in [-0.3, -0.25) is 0 Å². The van der Waals surface area contributed by atoms with Gasteiger partial charge in [-0.05, 0) is 36.8 Å². The molecule has 0 N–H and O–H groups in total. The first-order valence-electron chi connectivity index (χ1n) is 7.72. The van der Waals surface area contributed by atoms with Crippen LogP contribution in [0.5, 0.6) is 0 Å². The molecule has 0 aliphatic carbocycles. The van der Waals surface area contributed by atoms with Crippen molar-refractivity contribution < 1.29 is 28.4 Å². The maximum absolute atomic E-state index is 13.1. The van der Waals surface area contributed by atoms with Crippen molar-refractivity contribution >= 4 is 28.5 Å². The van der Waals surface area contributed by atoms with Gasteiger partial charge in [-0.1, -0.05) is 23.7 Å². The zero-order valence-corrected chi connectivity index (χ0v) is 16.2. The number of rotatable bonds is 1. The van der Waals surface area contributed by atoms with Crippen LogP contribution in [0.3, 0.4) is 0 Å². The summed E-state index contributed by atoms with van der Waals surface area (Å²) in [5.41, 5.74) is 3.23. The highest BCUT2D eigenvalue weighted by Crippen LogP contribution is 2.33. The number of aryl methyl sites for hydroxylation is 1. The smallest absolute Gasteiger partial charge is 0.311 e. The van der Waals surface area contributed by atoms with Crippen molar-refractivity contribution in [3.8, 4) is 11.3 Å². The molecule has 124 valence electrons. The van der Waals surface area contributed by atoms with Crippen LogP contribution in [-0.4, -0.2) is 18.2 Å². The van der Waals surface area contributed by atoms with Crippen molar-refractivity contribution in [3.05, 3.63) is 58.5 Å². The van der Waals surface area contributed by atoms with E-state index >= 15 is 0 Å². The van der Waals surface area contributed by atoms with Gasteiger partial charge in [-0.2, -0.15) is 0 Å². The molecule has 0 saturated carbocycles. The number of halogens is 2. The quantitative estimate of drug-likeness (QED) is 0.402. The zero-order chi connectivity index (χ0) is 16.0. The number of para-hydroxylation sites is 2. The van der Waals surface area contributed by atoms with Gasteiger partial charge >= 0.3 is 5.69 Å². The summed E-state index contributed by atoms with van der Waals surface area (Å²) in [5, 5.41) is 0.668. The molecule has 0 fully saturated rings. The monoisotopic (exact) mass is 453 g/mol. The number of aromatic nitrogens is 2. The molecule has 0 amide bonds. The highest BCUT2D eigenvalue weighted by Gasteiger charge is 2.30. The van der Waals surface area contributed by atoms with E-state index < -0.39 is 0 Å². The van der Waals surface area contributed by atoms with Crippen LogP contribution in [0.25, 0.3) is 22.3 Å². The second-order valence-corrected chi connectivity index (χ2v) is 6.33. The van der Waals surface area contributed by atoms with Gasteiger partial charge in [-0.15, -0.1) is 0 Å². The van der Waals surface area contributed by atoms with Gasteiger partial charge in [0, 0.05) is 36.1 Å². The molecule has 0 unspecified atom stereocenters. The fourth-order valence-corrected chi connectivity index (χ4v) is 3.48. The average Bonchev–Trinajstić information content (AvgIpc) is 2.57. The van der Waals surface area contributed by atoms with Crippen molar-refractivity contribution in [2.75, 3.05) is 18.5 Å². The predicted octanol–water partition coefficient (Wildman–Crippen LogP) is 0.720. The lowest BCUT2D eigenvalue weighted by Gasteiger charge is -2.29. The van der Waals surface area contributed by atoms with E-state index in [-0.39, 0.29) is 24.0 Å². The van der Waals surface area contributed by atoms with E-state index in [0.29, 0.717) is 16.2 Å². The molecule has 4 nitrogen and oxygen atoms in total. The highest BCUT2D eigenvalue weighted by molar-refractivity contribution is 6.30. The van der Waals surface area contributed by atoms with E-state index in [4.69, 9.17) is 11.6 Å². The minimum atomic E-state index is 0. The summed E-state index contributed by atoms with van der Waals surface area (Å²) in [6, 6.07) is 15.2. The van der Waals surface area contributed by atoms with Crippen LogP contribution in [0, 0.1) is 4.91 Å². The molecule has 24 heavy (non-hydrogen) atoms. The van der Waals surface area contributed by atoms with Crippen LogP contribution in [0.4, 0.5) is 5.82 Å². The fraction of sp³-hybridized carbons (Fsp3) is 0.222. The summed E-state index contributed by atoms with van der Waals surface area (Å²) in [4.78, 5) is 15.2. The molecule has 1 aliphatic heterocycles. The Labute approximate surface area is 162 Å². The zero-order valence-electron chi connectivity index (χ0n) is 13.2. The molecule has 3 aromatic rings. The SMILES string of the molecule is CN1CCCn2c1c(-c1ccc(Cl)cc1)[n+](=O)c1ccccc12.[I-]. The van der Waals surface area contributed by atoms with Gasteiger partial charge in [0.2, 0.25) is 0 Å². The summed E-state index contributed by atoms with van der Waals surface area (Å²) in [6.45, 7) is 1.86. The molecule has 0 spiro atoms. The van der Waals surface area contributed by atoms with E-state index in [2.05, 4.69) is 9.47 Å². The molecule has 0 radical (unpaired) electrons.